The second kappa shape index (κ2) is 17.1. The van der Waals surface area contributed by atoms with Gasteiger partial charge in [0.25, 0.3) is 0 Å². The van der Waals surface area contributed by atoms with Crippen molar-refractivity contribution in [2.75, 3.05) is 19.6 Å². The molecule has 2 fully saturated rings. The number of nitrogens with two attached hydrogens (primary N) is 1. The van der Waals surface area contributed by atoms with Gasteiger partial charge in [-0.3, -0.25) is 9.59 Å². The molecular formula is C26H45N3O4S. The third-order valence-electron chi connectivity index (χ3n) is 5.79. The number of carbonyl (C=O) groups excluding carboxylic acids is 2. The van der Waals surface area contributed by atoms with Crippen molar-refractivity contribution in [2.45, 2.75) is 71.5 Å². The molecule has 1 saturated carbocycles. The quantitative estimate of drug-likeness (QED) is 0.350. The molecule has 0 aromatic heterocycles. The molecule has 0 spiro atoms. The van der Waals surface area contributed by atoms with Gasteiger partial charge in [-0.15, -0.1) is 6.58 Å². The Morgan fingerprint density at radius 1 is 1.21 bits per heavy atom. The monoisotopic (exact) mass is 495 g/mol. The van der Waals surface area contributed by atoms with E-state index in [1.54, 1.807) is 39.0 Å². The van der Waals surface area contributed by atoms with Gasteiger partial charge in [-0.05, 0) is 70.6 Å². The Labute approximate surface area is 207 Å². The molecule has 8 heteroatoms. The number of amides is 2. The van der Waals surface area contributed by atoms with E-state index in [2.05, 4.69) is 18.5 Å². The lowest BCUT2D eigenvalue weighted by Crippen LogP contribution is -2.33. The molecule has 0 radical (unpaired) electrons. The second-order valence-corrected chi connectivity index (χ2v) is 11.0. The van der Waals surface area contributed by atoms with Gasteiger partial charge in [0.05, 0.1) is 5.25 Å². The molecule has 2 aliphatic rings. The second-order valence-electron chi connectivity index (χ2n) is 8.63. The molecule has 2 atom stereocenters. The molecule has 1 saturated heterocycles. The van der Waals surface area contributed by atoms with Crippen molar-refractivity contribution in [1.82, 2.24) is 10.2 Å². The summed E-state index contributed by atoms with van der Waals surface area (Å²) in [7, 11) is -2.85. The van der Waals surface area contributed by atoms with Crippen LogP contribution in [0.2, 0.25) is 0 Å². The zero-order valence-corrected chi connectivity index (χ0v) is 22.3. The summed E-state index contributed by atoms with van der Waals surface area (Å²) >= 11 is 0. The van der Waals surface area contributed by atoms with Crippen molar-refractivity contribution in [3.05, 3.63) is 48.6 Å². The van der Waals surface area contributed by atoms with Gasteiger partial charge in [0, 0.05) is 37.4 Å². The van der Waals surface area contributed by atoms with E-state index in [4.69, 9.17) is 5.73 Å². The summed E-state index contributed by atoms with van der Waals surface area (Å²) in [4.78, 5) is 25.8. The van der Waals surface area contributed by atoms with E-state index in [-0.39, 0.29) is 23.0 Å². The summed E-state index contributed by atoms with van der Waals surface area (Å²) in [5.74, 6) is 0.711. The maximum absolute atomic E-state index is 12.1. The lowest BCUT2D eigenvalue weighted by molar-refractivity contribution is -0.127. The van der Waals surface area contributed by atoms with Crippen molar-refractivity contribution in [1.29, 1.82) is 0 Å². The Balaban J connectivity index is 0.000000601. The Bertz CT molecular complexity index is 814. The molecule has 7 nitrogen and oxygen atoms in total. The molecule has 1 heterocycles. The number of nitrogens with zero attached hydrogens (tertiary/aromatic N) is 1. The summed E-state index contributed by atoms with van der Waals surface area (Å²) in [5.41, 5.74) is 4.89. The lowest BCUT2D eigenvalue weighted by atomic mass is 9.90. The van der Waals surface area contributed by atoms with Gasteiger partial charge in [-0.1, -0.05) is 31.7 Å². The van der Waals surface area contributed by atoms with Crippen LogP contribution in [-0.2, 0) is 19.4 Å². The van der Waals surface area contributed by atoms with Crippen LogP contribution in [0.4, 0.5) is 0 Å². The van der Waals surface area contributed by atoms with Gasteiger partial charge >= 0.3 is 0 Å². The highest BCUT2D eigenvalue weighted by Gasteiger charge is 2.36. The number of sulfone groups is 1. The fourth-order valence-electron chi connectivity index (χ4n) is 3.50. The highest BCUT2D eigenvalue weighted by Crippen LogP contribution is 2.32. The van der Waals surface area contributed by atoms with E-state index in [0.29, 0.717) is 17.2 Å². The number of likely N-dealkylation sites (tertiary alicyclic amines) is 1. The lowest BCUT2D eigenvalue weighted by Gasteiger charge is -2.19. The first-order valence-corrected chi connectivity index (χ1v) is 13.6. The molecule has 1 aliphatic carbocycles. The summed E-state index contributed by atoms with van der Waals surface area (Å²) in [6, 6.07) is 0. The van der Waals surface area contributed by atoms with Crippen LogP contribution in [0.5, 0.6) is 0 Å². The Morgan fingerprint density at radius 3 is 2.24 bits per heavy atom. The molecule has 0 bridgehead atoms. The van der Waals surface area contributed by atoms with Crippen molar-refractivity contribution in [3.63, 3.8) is 0 Å². The number of nitrogens with one attached hydrogen (secondary N) is 1. The van der Waals surface area contributed by atoms with Crippen LogP contribution in [0.25, 0.3) is 0 Å². The largest absolute Gasteiger partial charge is 0.405 e. The van der Waals surface area contributed by atoms with Crippen LogP contribution in [0.3, 0.4) is 0 Å². The Hall–Kier alpha value is -2.35. The molecule has 1 aliphatic heterocycles. The number of hydrogen-bond donors (Lipinski definition) is 2. The van der Waals surface area contributed by atoms with Crippen molar-refractivity contribution < 1.29 is 18.0 Å². The third kappa shape index (κ3) is 12.2. The fourth-order valence-corrected chi connectivity index (χ4v) is 5.11. The number of allylic oxidation sites excluding steroid dienone is 5. The Kier molecular flexibility index (Phi) is 16.0. The number of hydrogen-bond acceptors (Lipinski definition) is 5. The zero-order valence-electron chi connectivity index (χ0n) is 21.5. The topological polar surface area (TPSA) is 110 Å². The van der Waals surface area contributed by atoms with E-state index in [0.717, 1.165) is 51.7 Å². The van der Waals surface area contributed by atoms with Crippen LogP contribution in [0, 0.1) is 11.8 Å². The van der Waals surface area contributed by atoms with Gasteiger partial charge in [-0.25, -0.2) is 8.42 Å². The smallest absolute Gasteiger partial charge is 0.223 e. The first-order chi connectivity index (χ1) is 16.1. The summed E-state index contributed by atoms with van der Waals surface area (Å²) in [6.07, 6.45) is 13.4. The molecule has 2 unspecified atom stereocenters. The van der Waals surface area contributed by atoms with E-state index < -0.39 is 9.84 Å². The van der Waals surface area contributed by atoms with Crippen molar-refractivity contribution in [2.24, 2.45) is 17.6 Å². The van der Waals surface area contributed by atoms with Crippen LogP contribution < -0.4 is 11.1 Å². The van der Waals surface area contributed by atoms with Gasteiger partial charge in [-0.2, -0.15) is 0 Å². The highest BCUT2D eigenvalue weighted by molar-refractivity contribution is 7.96. The normalized spacial score (nSPS) is 18.8. The summed E-state index contributed by atoms with van der Waals surface area (Å²) in [5, 5.41) is 2.91. The minimum absolute atomic E-state index is 0.000887. The summed E-state index contributed by atoms with van der Waals surface area (Å²) in [6.45, 7) is 16.6. The molecule has 3 N–H and O–H groups in total. The molecule has 0 aromatic carbocycles. The van der Waals surface area contributed by atoms with Gasteiger partial charge < -0.3 is 16.0 Å². The Morgan fingerprint density at radius 2 is 1.85 bits per heavy atom. The van der Waals surface area contributed by atoms with Gasteiger partial charge in [0.15, 0.2) is 9.84 Å². The van der Waals surface area contributed by atoms with Crippen molar-refractivity contribution >= 4 is 21.7 Å². The molecule has 194 valence electrons. The van der Waals surface area contributed by atoms with E-state index >= 15 is 0 Å². The van der Waals surface area contributed by atoms with Crippen LogP contribution in [0.15, 0.2) is 48.6 Å². The molecule has 2 amide bonds. The van der Waals surface area contributed by atoms with E-state index in [1.165, 1.54) is 6.20 Å². The molecule has 2 rings (SSSR count). The van der Waals surface area contributed by atoms with Gasteiger partial charge in [0.2, 0.25) is 11.8 Å². The van der Waals surface area contributed by atoms with Crippen molar-refractivity contribution in [3.8, 4) is 0 Å². The average Bonchev–Trinajstić information content (AvgIpc) is 3.57. The number of rotatable bonds is 10. The maximum Gasteiger partial charge on any atom is 0.223 e. The van der Waals surface area contributed by atoms with Crippen LogP contribution in [-0.4, -0.2) is 50.0 Å². The standard InChI is InChI=1S/C15H26N2O2.C7H12O2S.C4H7N/c1-4-6-14(15(19)16-8-5-2)10-13-7-9-17(11-13)12(3)18;1-3-6(2)10(8,9)7-4-5-7;1-2-3-4-5/h4,13-14H,1,5-11H2,2-3H3,(H,16,19);3,7H,4-5H2,1-2H3;2-4H,1,5H2/b;6-3+;4-3-. The maximum atomic E-state index is 12.1. The minimum atomic E-state index is -2.85. The highest BCUT2D eigenvalue weighted by atomic mass is 32.2. The average molecular weight is 496 g/mol. The molecule has 0 aromatic rings. The SMILES string of the molecule is C/C=C(\C)S(=O)(=O)C1CC1.C=C/C=C\N.C=CCC(CC1CCN(C(C)=O)C1)C(=O)NCCC. The predicted molar refractivity (Wildman–Crippen MR) is 141 cm³/mol. The first-order valence-electron chi connectivity index (χ1n) is 12.1. The minimum Gasteiger partial charge on any atom is -0.405 e. The van der Waals surface area contributed by atoms with Crippen LogP contribution >= 0.6 is 0 Å². The fraction of sp³-hybridized carbons (Fsp3) is 0.615. The van der Waals surface area contributed by atoms with E-state index in [9.17, 15) is 18.0 Å². The third-order valence-corrected chi connectivity index (χ3v) is 8.27. The predicted octanol–water partition coefficient (Wildman–Crippen LogP) is 4.10. The van der Waals surface area contributed by atoms with Crippen LogP contribution in [0.1, 0.15) is 66.2 Å². The van der Waals surface area contributed by atoms with E-state index in [1.807, 2.05) is 17.9 Å². The molecular weight excluding hydrogens is 450 g/mol. The van der Waals surface area contributed by atoms with Gasteiger partial charge in [0.1, 0.15) is 0 Å². The first kappa shape index (κ1) is 31.6. The number of carbonyl (C=O) groups is 2. The summed E-state index contributed by atoms with van der Waals surface area (Å²) < 4.78 is 22.5. The molecule has 34 heavy (non-hydrogen) atoms. The zero-order chi connectivity index (χ0) is 26.1.